The van der Waals surface area contributed by atoms with Gasteiger partial charge >= 0.3 is 0 Å². The molecule has 0 N–H and O–H groups in total. The Bertz CT molecular complexity index is 1060. The Morgan fingerprint density at radius 2 is 1.93 bits per heavy atom. The molecule has 0 aliphatic carbocycles. The van der Waals surface area contributed by atoms with Gasteiger partial charge in [-0.15, -0.1) is 11.8 Å². The summed E-state index contributed by atoms with van der Waals surface area (Å²) in [5.41, 5.74) is 1.18. The number of hydrogen-bond donors (Lipinski definition) is 0. The number of carbonyl (C=O) groups excluding carboxylic acids is 1. The third-order valence-corrected chi connectivity index (χ3v) is 6.07. The summed E-state index contributed by atoms with van der Waals surface area (Å²) in [4.78, 5) is 37.2. The molecular weight excluding hydrogens is 372 g/mol. The first-order valence-corrected chi connectivity index (χ1v) is 10.5. The van der Waals surface area contributed by atoms with Crippen LogP contribution >= 0.6 is 11.8 Å². The fourth-order valence-corrected chi connectivity index (χ4v) is 4.47. The van der Waals surface area contributed by atoms with Gasteiger partial charge in [0.2, 0.25) is 0 Å². The van der Waals surface area contributed by atoms with Gasteiger partial charge in [0.1, 0.15) is 6.33 Å². The van der Waals surface area contributed by atoms with Gasteiger partial charge in [-0.25, -0.2) is 9.97 Å². The summed E-state index contributed by atoms with van der Waals surface area (Å²) in [5, 5.41) is 0.536. The Labute approximate surface area is 167 Å². The van der Waals surface area contributed by atoms with E-state index in [0.717, 1.165) is 29.1 Å². The third kappa shape index (κ3) is 3.54. The number of benzene rings is 1. The number of hydrogen-bond acceptors (Lipinski definition) is 5. The van der Waals surface area contributed by atoms with Gasteiger partial charge in [0.15, 0.2) is 5.65 Å². The monoisotopic (exact) mass is 394 g/mol. The second-order valence-corrected chi connectivity index (χ2v) is 8.09. The van der Waals surface area contributed by atoms with Crippen LogP contribution in [-0.4, -0.2) is 44.2 Å². The van der Waals surface area contributed by atoms with Crippen molar-refractivity contribution in [2.45, 2.75) is 30.7 Å². The maximum Gasteiger partial charge on any atom is 0.263 e. The number of pyridine rings is 1. The smallest absolute Gasteiger partial charge is 0.263 e. The average Bonchev–Trinajstić information content (AvgIpc) is 2.75. The van der Waals surface area contributed by atoms with E-state index in [1.165, 1.54) is 0 Å². The standard InChI is InChI=1S/C21H22N4O2S/c1-2-28-18-8-4-3-6-16(18)20(26)24-12-9-15(10-13-24)25-14-23-19-17(21(25)27)7-5-11-22-19/h3-8,11,14-15H,2,9-10,12-13H2,1H3. The molecule has 1 aliphatic heterocycles. The van der Waals surface area contributed by atoms with Gasteiger partial charge in [-0.3, -0.25) is 14.2 Å². The Hall–Kier alpha value is -2.67. The average molecular weight is 395 g/mol. The number of piperidine rings is 1. The summed E-state index contributed by atoms with van der Waals surface area (Å²) in [5.74, 6) is 1.00. The maximum absolute atomic E-state index is 13.0. The van der Waals surface area contributed by atoms with Crippen LogP contribution in [0.2, 0.25) is 0 Å². The van der Waals surface area contributed by atoms with Gasteiger partial charge in [0.05, 0.1) is 10.9 Å². The van der Waals surface area contributed by atoms with Crippen LogP contribution in [-0.2, 0) is 0 Å². The van der Waals surface area contributed by atoms with E-state index < -0.39 is 0 Å². The second-order valence-electron chi connectivity index (χ2n) is 6.78. The number of likely N-dealkylation sites (tertiary alicyclic amines) is 1. The zero-order valence-electron chi connectivity index (χ0n) is 15.7. The van der Waals surface area contributed by atoms with Crippen LogP contribution in [0.15, 0.2) is 58.6 Å². The van der Waals surface area contributed by atoms with E-state index in [1.54, 1.807) is 41.0 Å². The SMILES string of the molecule is CCSc1ccccc1C(=O)N1CCC(n2cnc3ncccc3c2=O)CC1. The lowest BCUT2D eigenvalue weighted by Crippen LogP contribution is -2.41. The highest BCUT2D eigenvalue weighted by Crippen LogP contribution is 2.27. The van der Waals surface area contributed by atoms with Crippen molar-refractivity contribution < 1.29 is 4.79 Å². The molecule has 3 aromatic rings. The summed E-state index contributed by atoms with van der Waals surface area (Å²) in [6.45, 7) is 3.35. The molecule has 144 valence electrons. The molecule has 0 bridgehead atoms. The van der Waals surface area contributed by atoms with E-state index in [4.69, 9.17) is 0 Å². The van der Waals surface area contributed by atoms with Crippen LogP contribution < -0.4 is 5.56 Å². The summed E-state index contributed by atoms with van der Waals surface area (Å²) in [7, 11) is 0. The van der Waals surface area contributed by atoms with E-state index in [0.29, 0.717) is 24.1 Å². The molecule has 0 radical (unpaired) electrons. The van der Waals surface area contributed by atoms with Crippen LogP contribution in [0.1, 0.15) is 36.2 Å². The number of aromatic nitrogens is 3. The zero-order chi connectivity index (χ0) is 19.5. The van der Waals surface area contributed by atoms with Crippen LogP contribution in [0.3, 0.4) is 0 Å². The first kappa shape index (κ1) is 18.7. The highest BCUT2D eigenvalue weighted by atomic mass is 32.2. The molecule has 4 rings (SSSR count). The van der Waals surface area contributed by atoms with Crippen LogP contribution in [0.5, 0.6) is 0 Å². The summed E-state index contributed by atoms with van der Waals surface area (Å²) in [6, 6.07) is 11.3. The third-order valence-electron chi connectivity index (χ3n) is 5.12. The molecule has 0 saturated carbocycles. The van der Waals surface area contributed by atoms with Crippen molar-refractivity contribution in [3.63, 3.8) is 0 Å². The van der Waals surface area contributed by atoms with E-state index in [2.05, 4.69) is 16.9 Å². The number of nitrogens with zero attached hydrogens (tertiary/aromatic N) is 4. The lowest BCUT2D eigenvalue weighted by molar-refractivity contribution is 0.0689. The molecule has 3 heterocycles. The summed E-state index contributed by atoms with van der Waals surface area (Å²) >= 11 is 1.69. The van der Waals surface area contributed by atoms with Crippen molar-refractivity contribution in [1.29, 1.82) is 0 Å². The van der Waals surface area contributed by atoms with Crippen molar-refractivity contribution in [3.8, 4) is 0 Å². The minimum Gasteiger partial charge on any atom is -0.338 e. The molecule has 0 unspecified atom stereocenters. The van der Waals surface area contributed by atoms with Crippen LogP contribution in [0.4, 0.5) is 0 Å². The van der Waals surface area contributed by atoms with Gasteiger partial charge < -0.3 is 4.90 Å². The van der Waals surface area contributed by atoms with Crippen molar-refractivity contribution >= 4 is 28.7 Å². The van der Waals surface area contributed by atoms with Gasteiger partial charge in [-0.1, -0.05) is 19.1 Å². The van der Waals surface area contributed by atoms with Crippen LogP contribution in [0.25, 0.3) is 11.0 Å². The molecule has 0 spiro atoms. The topological polar surface area (TPSA) is 68.1 Å². The number of thioether (sulfide) groups is 1. The molecule has 1 amide bonds. The van der Waals surface area contributed by atoms with Gasteiger partial charge in [0, 0.05) is 30.2 Å². The van der Waals surface area contributed by atoms with E-state index in [9.17, 15) is 9.59 Å². The maximum atomic E-state index is 13.0. The van der Waals surface area contributed by atoms with E-state index in [1.807, 2.05) is 29.2 Å². The van der Waals surface area contributed by atoms with Crippen molar-refractivity contribution in [2.75, 3.05) is 18.8 Å². The first-order chi connectivity index (χ1) is 13.7. The second kappa shape index (κ2) is 8.14. The minimum absolute atomic E-state index is 0.0499. The highest BCUT2D eigenvalue weighted by Gasteiger charge is 2.26. The van der Waals surface area contributed by atoms with Crippen molar-refractivity contribution in [2.24, 2.45) is 0 Å². The van der Waals surface area contributed by atoms with Crippen molar-refractivity contribution in [1.82, 2.24) is 19.4 Å². The van der Waals surface area contributed by atoms with Gasteiger partial charge in [0.25, 0.3) is 11.5 Å². The van der Waals surface area contributed by atoms with E-state index >= 15 is 0 Å². The Morgan fingerprint density at radius 1 is 1.14 bits per heavy atom. The highest BCUT2D eigenvalue weighted by molar-refractivity contribution is 7.99. The molecule has 1 saturated heterocycles. The fourth-order valence-electron chi connectivity index (χ4n) is 3.68. The lowest BCUT2D eigenvalue weighted by Gasteiger charge is -2.33. The fraction of sp³-hybridized carbons (Fsp3) is 0.333. The normalized spacial score (nSPS) is 15.1. The number of rotatable bonds is 4. The molecule has 0 atom stereocenters. The minimum atomic E-state index is -0.0624. The Morgan fingerprint density at radius 3 is 2.71 bits per heavy atom. The Balaban J connectivity index is 1.50. The van der Waals surface area contributed by atoms with E-state index in [-0.39, 0.29) is 17.5 Å². The molecule has 2 aromatic heterocycles. The number of amides is 1. The number of carbonyl (C=O) groups is 1. The quantitative estimate of drug-likeness (QED) is 0.635. The molecule has 1 aliphatic rings. The number of fused-ring (bicyclic) bond motifs is 1. The lowest BCUT2D eigenvalue weighted by atomic mass is 10.0. The van der Waals surface area contributed by atoms with Crippen molar-refractivity contribution in [3.05, 3.63) is 64.8 Å². The predicted octanol–water partition coefficient (Wildman–Crippen LogP) is 3.38. The zero-order valence-corrected chi connectivity index (χ0v) is 16.6. The summed E-state index contributed by atoms with van der Waals surface area (Å²) < 4.78 is 1.70. The summed E-state index contributed by atoms with van der Waals surface area (Å²) in [6.07, 6.45) is 4.70. The molecule has 28 heavy (non-hydrogen) atoms. The molecule has 6 nitrogen and oxygen atoms in total. The molecule has 1 aromatic carbocycles. The van der Waals surface area contributed by atoms with Gasteiger partial charge in [-0.05, 0) is 42.9 Å². The molecule has 1 fully saturated rings. The largest absolute Gasteiger partial charge is 0.338 e. The molecule has 7 heteroatoms. The van der Waals surface area contributed by atoms with Crippen LogP contribution in [0, 0.1) is 0 Å². The predicted molar refractivity (Wildman–Crippen MR) is 111 cm³/mol. The first-order valence-electron chi connectivity index (χ1n) is 9.52. The van der Waals surface area contributed by atoms with Gasteiger partial charge in [-0.2, -0.15) is 0 Å². The Kier molecular flexibility index (Phi) is 5.43. The molecular formula is C21H22N4O2S.